The van der Waals surface area contributed by atoms with Crippen LogP contribution in [-0.2, 0) is 44.8 Å². The summed E-state index contributed by atoms with van der Waals surface area (Å²) in [5, 5.41) is 0. The van der Waals surface area contributed by atoms with Crippen LogP contribution in [0.5, 0.6) is 0 Å². The van der Waals surface area contributed by atoms with E-state index in [-0.39, 0.29) is 37.6 Å². The van der Waals surface area contributed by atoms with E-state index in [1.165, 1.54) is 57.8 Å². The smallest absolute Gasteiger partial charge is 0.302 e. The van der Waals surface area contributed by atoms with Crippen LogP contribution in [0.1, 0.15) is 218 Å². The van der Waals surface area contributed by atoms with Crippen LogP contribution in [0, 0.1) is 53.3 Å². The van der Waals surface area contributed by atoms with Crippen molar-refractivity contribution in [2.45, 2.75) is 218 Å². The lowest BCUT2D eigenvalue weighted by Crippen LogP contribution is -2.10. The molecule has 0 aliphatic heterocycles. The summed E-state index contributed by atoms with van der Waals surface area (Å²) >= 11 is 0. The van der Waals surface area contributed by atoms with Crippen LogP contribution in [-0.4, -0.2) is 34.5 Å². The molecule has 12 unspecified atom stereocenters. The summed E-state index contributed by atoms with van der Waals surface area (Å²) < 4.78 is 82.9. The van der Waals surface area contributed by atoms with E-state index in [0.717, 1.165) is 57.8 Å². The lowest BCUT2D eigenvalue weighted by Gasteiger charge is -2.24. The van der Waals surface area contributed by atoms with Crippen molar-refractivity contribution < 1.29 is 59.4 Å². The van der Waals surface area contributed by atoms with E-state index in [0.29, 0.717) is 54.8 Å². The quantitative estimate of drug-likeness (QED) is 0.0492. The molecular weight excluding hydrogens is 872 g/mol. The Morgan fingerprint density at radius 2 is 0.500 bits per heavy atom. The number of rotatable bonds is 42. The first-order valence-electron chi connectivity index (χ1n) is 24.5. The van der Waals surface area contributed by atoms with E-state index in [4.69, 9.17) is 26.5 Å². The number of phosphoric ester groups is 3. The third kappa shape index (κ3) is 34.8. The number of hydrogen-bond donors (Lipinski definition) is 3. The Hall–Kier alpha value is 0.560. The van der Waals surface area contributed by atoms with E-state index in [1.54, 1.807) is 0 Å². The molecule has 13 nitrogen and oxygen atoms in total. The molecule has 0 radical (unpaired) electrons. The second-order valence-corrected chi connectivity index (χ2v) is 26.2. The van der Waals surface area contributed by atoms with Gasteiger partial charge in [-0.15, -0.1) is 0 Å². The molecule has 0 aromatic heterocycles. The number of hydrogen-bond acceptors (Lipinski definition) is 10. The summed E-state index contributed by atoms with van der Waals surface area (Å²) in [7, 11) is -21.9. The Bertz CT molecular complexity index is 1170. The van der Waals surface area contributed by atoms with Crippen LogP contribution < -0.4 is 0 Å². The molecule has 0 amide bonds. The van der Waals surface area contributed by atoms with Gasteiger partial charge in [0, 0.05) is 0 Å². The molecule has 0 aromatic carbocycles. The van der Waals surface area contributed by atoms with E-state index in [2.05, 4.69) is 62.3 Å². The minimum Gasteiger partial charge on any atom is -0.302 e. The van der Waals surface area contributed by atoms with Gasteiger partial charge in [-0.05, 0) is 72.5 Å². The Labute approximate surface area is 380 Å². The highest BCUT2D eigenvalue weighted by Gasteiger charge is 2.50. The summed E-state index contributed by atoms with van der Waals surface area (Å²) in [6.45, 7) is 24.6. The molecule has 374 valence electrons. The fourth-order valence-electron chi connectivity index (χ4n) is 7.34. The maximum absolute atomic E-state index is 13.9. The second-order valence-electron chi connectivity index (χ2n) is 19.7. The topological polar surface area (TPSA) is 184 Å². The van der Waals surface area contributed by atoms with Gasteiger partial charge in [0.1, 0.15) is 0 Å². The third-order valence-corrected chi connectivity index (χ3v) is 18.9. The van der Waals surface area contributed by atoms with E-state index in [9.17, 15) is 32.9 Å². The fourth-order valence-corrected chi connectivity index (χ4v) is 13.4. The largest absolute Gasteiger partial charge is 0.501 e. The molecule has 62 heavy (non-hydrogen) atoms. The molecule has 17 heteroatoms. The lowest BCUT2D eigenvalue weighted by atomic mass is 9.93. The van der Waals surface area contributed by atoms with Gasteiger partial charge in [-0.3, -0.25) is 13.6 Å². The molecule has 0 aliphatic carbocycles. The predicted octanol–water partition coefficient (Wildman–Crippen LogP) is 16.5. The molecular formula is C45H96O13P4. The maximum Gasteiger partial charge on any atom is 0.501 e. The molecule has 0 rings (SSSR count). The molecule has 12 atom stereocenters. The monoisotopic (exact) mass is 969 g/mol. The fraction of sp³-hybridized carbons (Fsp3) is 1.00. The van der Waals surface area contributed by atoms with Crippen molar-refractivity contribution in [3.8, 4) is 0 Å². The maximum atomic E-state index is 13.9. The Morgan fingerprint density at radius 1 is 0.323 bits per heavy atom. The zero-order valence-corrected chi connectivity index (χ0v) is 45.0. The molecule has 0 fully saturated rings. The van der Waals surface area contributed by atoms with Gasteiger partial charge in [0.2, 0.25) is 0 Å². The summed E-state index contributed by atoms with van der Waals surface area (Å²) in [5.74, 6) is 3.12. The molecule has 0 saturated carbocycles. The molecule has 0 aromatic rings. The first-order chi connectivity index (χ1) is 28.8. The van der Waals surface area contributed by atoms with Crippen LogP contribution in [0.3, 0.4) is 0 Å². The lowest BCUT2D eigenvalue weighted by molar-refractivity contribution is 0.126. The van der Waals surface area contributed by atoms with Crippen molar-refractivity contribution in [1.82, 2.24) is 0 Å². The van der Waals surface area contributed by atoms with Crippen molar-refractivity contribution in [1.29, 1.82) is 0 Å². The van der Waals surface area contributed by atoms with Crippen LogP contribution in [0.2, 0.25) is 0 Å². The minimum atomic E-state index is -5.84. The normalized spacial score (nSPS) is 20.7. The van der Waals surface area contributed by atoms with Gasteiger partial charge in [0.05, 0.1) is 19.8 Å². The van der Waals surface area contributed by atoms with Gasteiger partial charge < -0.3 is 14.7 Å². The van der Waals surface area contributed by atoms with E-state index >= 15 is 0 Å². The van der Waals surface area contributed by atoms with Crippen molar-refractivity contribution in [3.63, 3.8) is 0 Å². The summed E-state index contributed by atoms with van der Waals surface area (Å²) in [6, 6.07) is 0. The van der Waals surface area contributed by atoms with Gasteiger partial charge in [-0.25, -0.2) is 18.3 Å². The van der Waals surface area contributed by atoms with Crippen LogP contribution in [0.15, 0.2) is 0 Å². The van der Waals surface area contributed by atoms with Gasteiger partial charge in [-0.1, -0.05) is 199 Å². The highest BCUT2D eigenvalue weighted by molar-refractivity contribution is 7.71. The average Bonchev–Trinajstić information content (AvgIpc) is 3.17. The number of phosphoric acid groups is 4. The molecule has 0 saturated heterocycles. The zero-order valence-electron chi connectivity index (χ0n) is 41.4. The standard InChI is InChI=1S/C45H96O13P4/c1-13-37(4)22-16-25-40(7)28-19-31-43(10)34-53-59(46,47)56-62(52,57-60(48,49)54-35-44(11)32-20-29-41(8)26-17-23-38(5)14-2)58-61(50,51)55-36-45(12)33-21-30-42(9)27-18-24-39(6)15-3/h37-45H,13-36H2,1-12H3,(H,46,47)(H,48,49)(H,50,51). The van der Waals surface area contributed by atoms with Crippen molar-refractivity contribution in [2.75, 3.05) is 19.8 Å². The van der Waals surface area contributed by atoms with E-state index < -0.39 is 31.3 Å². The van der Waals surface area contributed by atoms with Gasteiger partial charge in [-0.2, -0.15) is 12.9 Å². The highest BCUT2D eigenvalue weighted by atomic mass is 31.3. The Morgan fingerprint density at radius 3 is 0.694 bits per heavy atom. The van der Waals surface area contributed by atoms with Crippen molar-refractivity contribution in [3.05, 3.63) is 0 Å². The van der Waals surface area contributed by atoms with Crippen molar-refractivity contribution >= 4 is 31.3 Å². The van der Waals surface area contributed by atoms with Gasteiger partial charge in [0.15, 0.2) is 0 Å². The van der Waals surface area contributed by atoms with Crippen LogP contribution in [0.4, 0.5) is 0 Å². The first kappa shape index (κ1) is 62.6. The predicted molar refractivity (Wildman–Crippen MR) is 255 cm³/mol. The molecule has 0 bridgehead atoms. The van der Waals surface area contributed by atoms with Crippen LogP contribution in [0.25, 0.3) is 0 Å². The SMILES string of the molecule is CCC(C)CCCC(C)CCCC(C)COP(=O)(O)OP(=O)(OP(=O)(O)OCC(C)CCCC(C)CCCC(C)CC)OP(=O)(O)OCC(C)CCCC(C)CCCC(C)CC. The molecule has 0 spiro atoms. The van der Waals surface area contributed by atoms with Gasteiger partial charge >= 0.3 is 31.3 Å². The third-order valence-electron chi connectivity index (χ3n) is 12.6. The zero-order chi connectivity index (χ0) is 47.4. The molecule has 3 N–H and O–H groups in total. The Kier molecular flexibility index (Phi) is 34.2. The van der Waals surface area contributed by atoms with Crippen LogP contribution >= 0.6 is 31.3 Å². The molecule has 0 aliphatic rings. The second kappa shape index (κ2) is 33.9. The van der Waals surface area contributed by atoms with Gasteiger partial charge in [0.25, 0.3) is 0 Å². The summed E-state index contributed by atoms with van der Waals surface area (Å²) in [4.78, 5) is 31.9. The van der Waals surface area contributed by atoms with E-state index in [1.807, 2.05) is 20.8 Å². The minimum absolute atomic E-state index is 0.212. The first-order valence-corrected chi connectivity index (χ1v) is 30.5. The molecule has 0 heterocycles. The highest BCUT2D eigenvalue weighted by Crippen LogP contribution is 2.75. The summed E-state index contributed by atoms with van der Waals surface area (Å²) in [5.41, 5.74) is 0. The average molecular weight is 969 g/mol. The van der Waals surface area contributed by atoms with Crippen molar-refractivity contribution in [2.24, 2.45) is 53.3 Å². The summed E-state index contributed by atoms with van der Waals surface area (Å²) in [6.07, 6.45) is 21.6. The Balaban J connectivity index is 5.50.